The number of rotatable bonds is 12. The molecule has 0 spiro atoms. The molecule has 0 fully saturated rings. The molecule has 2 aromatic carbocycles. The summed E-state index contributed by atoms with van der Waals surface area (Å²) < 4.78 is 14.1. The van der Waals surface area contributed by atoms with Crippen LogP contribution in [-0.4, -0.2) is 48.8 Å². The highest BCUT2D eigenvalue weighted by Gasteiger charge is 2.22. The van der Waals surface area contributed by atoms with Crippen LogP contribution in [-0.2, 0) is 11.2 Å². The van der Waals surface area contributed by atoms with Gasteiger partial charge in [-0.3, -0.25) is 4.79 Å². The molecule has 0 radical (unpaired) electrons. The van der Waals surface area contributed by atoms with Crippen molar-refractivity contribution in [2.45, 2.75) is 52.1 Å². The number of hydrogen-bond donors (Lipinski definition) is 1. The quantitative estimate of drug-likeness (QED) is 0.225. The number of nitrogens with one attached hydrogen (secondary N) is 1. The summed E-state index contributed by atoms with van der Waals surface area (Å²) in [6.07, 6.45) is 4.21. The topological polar surface area (TPSA) is 67.9 Å². The number of ketones is 1. The molecule has 1 N–H and O–H groups in total. The number of hydrogen-bond acceptors (Lipinski definition) is 6. The zero-order valence-electron chi connectivity index (χ0n) is 20.3. The van der Waals surface area contributed by atoms with Crippen molar-refractivity contribution in [1.29, 1.82) is 0 Å². The van der Waals surface area contributed by atoms with Gasteiger partial charge in [0.05, 0.1) is 12.8 Å². The number of benzene rings is 2. The minimum atomic E-state index is -0.547. The first-order valence-corrected chi connectivity index (χ1v) is 12.5. The van der Waals surface area contributed by atoms with Gasteiger partial charge in [0, 0.05) is 31.3 Å². The van der Waals surface area contributed by atoms with Crippen LogP contribution in [0.15, 0.2) is 48.5 Å². The molecule has 0 atom stereocenters. The molecule has 2 rings (SSSR count). The Labute approximate surface area is 202 Å². The van der Waals surface area contributed by atoms with Crippen molar-refractivity contribution >= 4 is 29.5 Å². The van der Waals surface area contributed by atoms with Crippen molar-refractivity contribution < 1.29 is 19.1 Å². The van der Waals surface area contributed by atoms with Gasteiger partial charge in [-0.15, -0.1) is 0 Å². The fourth-order valence-electron chi connectivity index (χ4n) is 3.33. The second-order valence-electron chi connectivity index (χ2n) is 8.80. The summed E-state index contributed by atoms with van der Waals surface area (Å²) in [6, 6.07) is 15.5. The minimum absolute atomic E-state index is 0.0786. The Bertz CT molecular complexity index is 897. The monoisotopic (exact) mass is 472 g/mol. The molecule has 0 saturated heterocycles. The van der Waals surface area contributed by atoms with Gasteiger partial charge >= 0.3 is 6.09 Å². The predicted molar refractivity (Wildman–Crippen MR) is 136 cm³/mol. The number of amides is 1. The molecular formula is C26H36N2O4S. The molecular weight excluding hydrogens is 436 g/mol. The molecule has 0 bridgehead atoms. The van der Waals surface area contributed by atoms with Crippen LogP contribution < -0.4 is 9.46 Å². The fourth-order valence-corrected chi connectivity index (χ4v) is 3.71. The zero-order chi connectivity index (χ0) is 24.3. The van der Waals surface area contributed by atoms with E-state index in [4.69, 9.17) is 9.47 Å². The van der Waals surface area contributed by atoms with Crippen molar-refractivity contribution in [3.05, 3.63) is 59.7 Å². The lowest BCUT2D eigenvalue weighted by atomic mass is 10.0. The van der Waals surface area contributed by atoms with E-state index in [9.17, 15) is 9.59 Å². The molecule has 0 aliphatic carbocycles. The molecule has 0 heterocycles. The third-order valence-corrected chi connectivity index (χ3v) is 5.40. The van der Waals surface area contributed by atoms with Gasteiger partial charge in [0.25, 0.3) is 0 Å². The summed E-state index contributed by atoms with van der Waals surface area (Å²) in [5.74, 6) is 0.780. The van der Waals surface area contributed by atoms with Gasteiger partial charge in [-0.05, 0) is 63.8 Å². The van der Waals surface area contributed by atoms with Gasteiger partial charge in [-0.1, -0.05) is 42.3 Å². The Morgan fingerprint density at radius 3 is 2.39 bits per heavy atom. The van der Waals surface area contributed by atoms with Crippen LogP contribution in [0.3, 0.4) is 0 Å². The standard InChI is InChI=1S/C26H36N2O4S/c1-26(2,3)32-25(30)28(18-16-20-11-7-6-8-12-20)17-10-9-13-23(29)21-14-15-24(31-4)22(19-21)27-33-5/h6-8,11-12,14-15,19,27H,9-10,13,16-18H2,1-5H3. The summed E-state index contributed by atoms with van der Waals surface area (Å²) in [5, 5.41) is 0. The minimum Gasteiger partial charge on any atom is -0.495 e. The van der Waals surface area contributed by atoms with Crippen LogP contribution in [0.4, 0.5) is 10.5 Å². The highest BCUT2D eigenvalue weighted by atomic mass is 32.2. The van der Waals surface area contributed by atoms with E-state index in [1.54, 1.807) is 24.1 Å². The zero-order valence-corrected chi connectivity index (χ0v) is 21.2. The number of methoxy groups -OCH3 is 1. The molecule has 0 saturated carbocycles. The average Bonchev–Trinajstić information content (AvgIpc) is 2.78. The summed E-state index contributed by atoms with van der Waals surface area (Å²) >= 11 is 1.45. The molecule has 180 valence electrons. The highest BCUT2D eigenvalue weighted by molar-refractivity contribution is 7.99. The van der Waals surface area contributed by atoms with Crippen LogP contribution in [0.1, 0.15) is 56.0 Å². The van der Waals surface area contributed by atoms with Gasteiger partial charge in [0.1, 0.15) is 11.4 Å². The SMILES string of the molecule is COc1ccc(C(=O)CCCCN(CCc2ccccc2)C(=O)OC(C)(C)C)cc1NSC. The van der Waals surface area contributed by atoms with Crippen LogP contribution in [0, 0.1) is 0 Å². The van der Waals surface area contributed by atoms with Crippen molar-refractivity contribution in [3.8, 4) is 5.75 Å². The van der Waals surface area contributed by atoms with E-state index in [0.29, 0.717) is 37.2 Å². The maximum Gasteiger partial charge on any atom is 0.410 e. The lowest BCUT2D eigenvalue weighted by molar-refractivity contribution is 0.0249. The summed E-state index contributed by atoms with van der Waals surface area (Å²) in [6.45, 7) is 6.74. The van der Waals surface area contributed by atoms with Crippen molar-refractivity contribution in [2.24, 2.45) is 0 Å². The number of unbranched alkanes of at least 4 members (excludes halogenated alkanes) is 1. The summed E-state index contributed by atoms with van der Waals surface area (Å²) in [7, 11) is 1.61. The molecule has 6 nitrogen and oxygen atoms in total. The van der Waals surface area contributed by atoms with Crippen LogP contribution in [0.2, 0.25) is 0 Å². The third kappa shape index (κ3) is 9.38. The van der Waals surface area contributed by atoms with Gasteiger partial charge < -0.3 is 19.1 Å². The van der Waals surface area contributed by atoms with Gasteiger partial charge in [-0.25, -0.2) is 4.79 Å². The smallest absolute Gasteiger partial charge is 0.410 e. The molecule has 2 aromatic rings. The largest absolute Gasteiger partial charge is 0.495 e. The van der Waals surface area contributed by atoms with Crippen LogP contribution in [0.25, 0.3) is 0 Å². The Morgan fingerprint density at radius 2 is 1.76 bits per heavy atom. The second kappa shape index (κ2) is 13.1. The number of Topliss-reactive ketones (excluding diaryl/α,β-unsaturated/α-hetero) is 1. The Morgan fingerprint density at radius 1 is 1.03 bits per heavy atom. The van der Waals surface area contributed by atoms with E-state index >= 15 is 0 Å². The molecule has 0 aromatic heterocycles. The number of ether oxygens (including phenoxy) is 2. The van der Waals surface area contributed by atoms with Gasteiger partial charge in [0.15, 0.2) is 5.78 Å². The van der Waals surface area contributed by atoms with E-state index < -0.39 is 5.60 Å². The predicted octanol–water partition coefficient (Wildman–Crippen LogP) is 6.22. The molecule has 1 amide bonds. The Balaban J connectivity index is 1.91. The van der Waals surface area contributed by atoms with Crippen LogP contribution >= 0.6 is 11.9 Å². The van der Waals surface area contributed by atoms with E-state index in [1.807, 2.05) is 51.3 Å². The average molecular weight is 473 g/mol. The van der Waals surface area contributed by atoms with Crippen molar-refractivity contribution in [1.82, 2.24) is 4.90 Å². The molecule has 33 heavy (non-hydrogen) atoms. The van der Waals surface area contributed by atoms with Gasteiger partial charge in [0.2, 0.25) is 0 Å². The Hall–Kier alpha value is -2.67. The number of carbonyl (C=O) groups is 2. The summed E-state index contributed by atoms with van der Waals surface area (Å²) in [4.78, 5) is 27.1. The van der Waals surface area contributed by atoms with E-state index in [1.165, 1.54) is 17.5 Å². The lowest BCUT2D eigenvalue weighted by Gasteiger charge is -2.27. The molecule has 0 aliphatic heterocycles. The van der Waals surface area contributed by atoms with Crippen LogP contribution in [0.5, 0.6) is 5.75 Å². The first-order valence-electron chi connectivity index (χ1n) is 11.3. The van der Waals surface area contributed by atoms with E-state index in [0.717, 1.165) is 18.5 Å². The first-order chi connectivity index (χ1) is 15.7. The van der Waals surface area contributed by atoms with E-state index in [-0.39, 0.29) is 11.9 Å². The molecule has 7 heteroatoms. The summed E-state index contributed by atoms with van der Waals surface area (Å²) in [5.41, 5.74) is 2.07. The van der Waals surface area contributed by atoms with Gasteiger partial charge in [-0.2, -0.15) is 0 Å². The number of anilines is 1. The molecule has 0 aliphatic rings. The normalized spacial score (nSPS) is 11.1. The van der Waals surface area contributed by atoms with E-state index in [2.05, 4.69) is 16.9 Å². The number of carbonyl (C=O) groups excluding carboxylic acids is 2. The molecule has 0 unspecified atom stereocenters. The second-order valence-corrected chi connectivity index (χ2v) is 9.42. The highest BCUT2D eigenvalue weighted by Crippen LogP contribution is 2.28. The number of nitrogens with zero attached hydrogens (tertiary/aromatic N) is 1. The fraction of sp³-hybridized carbons (Fsp3) is 0.462. The maximum atomic E-state index is 12.7. The van der Waals surface area contributed by atoms with Crippen molar-refractivity contribution in [3.63, 3.8) is 0 Å². The maximum absolute atomic E-state index is 12.7. The first kappa shape index (κ1) is 26.6. The third-order valence-electron chi connectivity index (χ3n) is 4.98. The lowest BCUT2D eigenvalue weighted by Crippen LogP contribution is -2.38. The van der Waals surface area contributed by atoms with Crippen molar-refractivity contribution in [2.75, 3.05) is 31.2 Å². The Kier molecular flexibility index (Phi) is 10.6.